The standard InChI is InChI=1S/C15H26N2O.ClH/c1-5-8-18-15-7-6-13(11-17(3)4)10-14(15)9-12(2)16;/h6-7,10,12H,5,8-9,11,16H2,1-4H3;1H. The minimum atomic E-state index is 0. The Morgan fingerprint density at radius 3 is 2.53 bits per heavy atom. The maximum atomic E-state index is 5.91. The van der Waals surface area contributed by atoms with Crippen molar-refractivity contribution in [1.29, 1.82) is 0 Å². The molecule has 0 radical (unpaired) electrons. The highest BCUT2D eigenvalue weighted by atomic mass is 35.5. The first-order valence-corrected chi connectivity index (χ1v) is 6.67. The summed E-state index contributed by atoms with van der Waals surface area (Å²) in [6.45, 7) is 5.85. The number of halogens is 1. The van der Waals surface area contributed by atoms with E-state index in [0.29, 0.717) is 0 Å². The van der Waals surface area contributed by atoms with Gasteiger partial charge in [-0.2, -0.15) is 0 Å². The summed E-state index contributed by atoms with van der Waals surface area (Å²) in [7, 11) is 4.15. The van der Waals surface area contributed by atoms with Crippen molar-refractivity contribution in [2.24, 2.45) is 5.73 Å². The Kier molecular flexibility index (Phi) is 8.81. The predicted octanol–water partition coefficient (Wildman–Crippen LogP) is 2.85. The van der Waals surface area contributed by atoms with Gasteiger partial charge >= 0.3 is 0 Å². The van der Waals surface area contributed by atoms with Gasteiger partial charge in [-0.3, -0.25) is 0 Å². The number of benzene rings is 1. The van der Waals surface area contributed by atoms with E-state index in [0.717, 1.165) is 31.7 Å². The van der Waals surface area contributed by atoms with Crippen LogP contribution < -0.4 is 10.5 Å². The first-order valence-electron chi connectivity index (χ1n) is 6.67. The van der Waals surface area contributed by atoms with E-state index in [1.54, 1.807) is 0 Å². The molecule has 0 aliphatic heterocycles. The van der Waals surface area contributed by atoms with Crippen LogP contribution in [0.25, 0.3) is 0 Å². The van der Waals surface area contributed by atoms with Gasteiger partial charge < -0.3 is 15.4 Å². The SMILES string of the molecule is CCCOc1ccc(CN(C)C)cc1CC(C)N.Cl. The molecule has 3 nitrogen and oxygen atoms in total. The van der Waals surface area contributed by atoms with Crippen LogP contribution in [0.2, 0.25) is 0 Å². The maximum absolute atomic E-state index is 5.91. The van der Waals surface area contributed by atoms with E-state index in [4.69, 9.17) is 10.5 Å². The Labute approximate surface area is 123 Å². The van der Waals surface area contributed by atoms with E-state index >= 15 is 0 Å². The van der Waals surface area contributed by atoms with Gasteiger partial charge in [0, 0.05) is 12.6 Å². The minimum Gasteiger partial charge on any atom is -0.493 e. The average molecular weight is 287 g/mol. The summed E-state index contributed by atoms with van der Waals surface area (Å²) in [5, 5.41) is 0. The van der Waals surface area contributed by atoms with Crippen molar-refractivity contribution in [3.8, 4) is 5.75 Å². The van der Waals surface area contributed by atoms with E-state index in [-0.39, 0.29) is 18.4 Å². The van der Waals surface area contributed by atoms with Crippen LogP contribution in [0.15, 0.2) is 18.2 Å². The van der Waals surface area contributed by atoms with Gasteiger partial charge in [-0.25, -0.2) is 0 Å². The molecule has 0 saturated heterocycles. The average Bonchev–Trinajstić information content (AvgIpc) is 2.26. The van der Waals surface area contributed by atoms with Crippen LogP contribution in [0.3, 0.4) is 0 Å². The van der Waals surface area contributed by atoms with Crippen LogP contribution in [0.1, 0.15) is 31.4 Å². The fourth-order valence-electron chi connectivity index (χ4n) is 1.96. The van der Waals surface area contributed by atoms with Crippen molar-refractivity contribution in [3.05, 3.63) is 29.3 Å². The smallest absolute Gasteiger partial charge is 0.122 e. The topological polar surface area (TPSA) is 38.5 Å². The molecule has 0 aromatic heterocycles. The maximum Gasteiger partial charge on any atom is 0.122 e. The fraction of sp³-hybridized carbons (Fsp3) is 0.600. The molecular formula is C15H27ClN2O. The zero-order valence-corrected chi connectivity index (χ0v) is 13.3. The van der Waals surface area contributed by atoms with Crippen LogP contribution >= 0.6 is 12.4 Å². The highest BCUT2D eigenvalue weighted by Gasteiger charge is 2.08. The molecule has 19 heavy (non-hydrogen) atoms. The van der Waals surface area contributed by atoms with Gasteiger partial charge in [0.15, 0.2) is 0 Å². The molecular weight excluding hydrogens is 260 g/mol. The molecule has 1 aromatic rings. The number of nitrogens with two attached hydrogens (primary N) is 1. The lowest BCUT2D eigenvalue weighted by Gasteiger charge is -2.16. The van der Waals surface area contributed by atoms with E-state index < -0.39 is 0 Å². The van der Waals surface area contributed by atoms with Crippen molar-refractivity contribution in [2.45, 2.75) is 39.3 Å². The molecule has 0 saturated carbocycles. The molecule has 0 aliphatic carbocycles. The van der Waals surface area contributed by atoms with Gasteiger partial charge in [0.25, 0.3) is 0 Å². The quantitative estimate of drug-likeness (QED) is 0.838. The van der Waals surface area contributed by atoms with Gasteiger partial charge in [0.05, 0.1) is 6.61 Å². The molecule has 0 aliphatic rings. The van der Waals surface area contributed by atoms with E-state index in [1.807, 2.05) is 6.92 Å². The predicted molar refractivity (Wildman–Crippen MR) is 84.2 cm³/mol. The van der Waals surface area contributed by atoms with Gasteiger partial charge in [-0.15, -0.1) is 12.4 Å². The van der Waals surface area contributed by atoms with Crippen LogP contribution in [-0.4, -0.2) is 31.6 Å². The molecule has 2 N–H and O–H groups in total. The molecule has 110 valence electrons. The molecule has 1 atom stereocenters. The highest BCUT2D eigenvalue weighted by molar-refractivity contribution is 5.85. The summed E-state index contributed by atoms with van der Waals surface area (Å²) in [5.41, 5.74) is 8.43. The molecule has 0 bridgehead atoms. The normalized spacial score (nSPS) is 12.1. The van der Waals surface area contributed by atoms with E-state index in [1.165, 1.54) is 11.1 Å². The zero-order chi connectivity index (χ0) is 13.5. The van der Waals surface area contributed by atoms with Crippen LogP contribution in [0.5, 0.6) is 5.75 Å². The van der Waals surface area contributed by atoms with Crippen molar-refractivity contribution in [1.82, 2.24) is 4.90 Å². The van der Waals surface area contributed by atoms with Crippen molar-refractivity contribution >= 4 is 12.4 Å². The molecule has 0 fully saturated rings. The number of hydrogen-bond acceptors (Lipinski definition) is 3. The third-order valence-corrected chi connectivity index (χ3v) is 2.63. The van der Waals surface area contributed by atoms with Crippen molar-refractivity contribution in [3.63, 3.8) is 0 Å². The molecule has 1 rings (SSSR count). The van der Waals surface area contributed by atoms with Crippen LogP contribution in [0, 0.1) is 0 Å². The second kappa shape index (κ2) is 9.18. The highest BCUT2D eigenvalue weighted by Crippen LogP contribution is 2.22. The lowest BCUT2D eigenvalue weighted by molar-refractivity contribution is 0.313. The summed E-state index contributed by atoms with van der Waals surface area (Å²) in [5.74, 6) is 0.983. The molecule has 0 spiro atoms. The van der Waals surface area contributed by atoms with Crippen molar-refractivity contribution < 1.29 is 4.74 Å². The number of ether oxygens (including phenoxy) is 1. The summed E-state index contributed by atoms with van der Waals surface area (Å²) in [6.07, 6.45) is 1.89. The third kappa shape index (κ3) is 6.81. The monoisotopic (exact) mass is 286 g/mol. The molecule has 1 unspecified atom stereocenters. The lowest BCUT2D eigenvalue weighted by Crippen LogP contribution is -2.19. The molecule has 1 aromatic carbocycles. The summed E-state index contributed by atoms with van der Waals surface area (Å²) >= 11 is 0. The fourth-order valence-corrected chi connectivity index (χ4v) is 1.96. The Hall–Kier alpha value is -0.770. The molecule has 0 heterocycles. The van der Waals surface area contributed by atoms with E-state index in [9.17, 15) is 0 Å². The summed E-state index contributed by atoms with van der Waals surface area (Å²) < 4.78 is 5.78. The van der Waals surface area contributed by atoms with Crippen LogP contribution in [-0.2, 0) is 13.0 Å². The number of rotatable bonds is 7. The lowest BCUT2D eigenvalue weighted by atomic mass is 10.0. The summed E-state index contributed by atoms with van der Waals surface area (Å²) in [4.78, 5) is 2.16. The van der Waals surface area contributed by atoms with Crippen molar-refractivity contribution in [2.75, 3.05) is 20.7 Å². The second-order valence-corrected chi connectivity index (χ2v) is 5.21. The minimum absolute atomic E-state index is 0. The Morgan fingerprint density at radius 2 is 2.00 bits per heavy atom. The van der Waals surface area contributed by atoms with Gasteiger partial charge in [-0.05, 0) is 51.1 Å². The second-order valence-electron chi connectivity index (χ2n) is 5.21. The third-order valence-electron chi connectivity index (χ3n) is 2.63. The van der Waals surface area contributed by atoms with E-state index in [2.05, 4.69) is 44.1 Å². The number of nitrogens with zero attached hydrogens (tertiary/aromatic N) is 1. The van der Waals surface area contributed by atoms with Gasteiger partial charge in [0.1, 0.15) is 5.75 Å². The molecule has 0 amide bonds. The van der Waals surface area contributed by atoms with Gasteiger partial charge in [-0.1, -0.05) is 19.1 Å². The Bertz CT molecular complexity index is 367. The summed E-state index contributed by atoms with van der Waals surface area (Å²) in [6, 6.07) is 6.58. The first kappa shape index (κ1) is 18.2. The van der Waals surface area contributed by atoms with Crippen LogP contribution in [0.4, 0.5) is 0 Å². The number of hydrogen-bond donors (Lipinski definition) is 1. The van der Waals surface area contributed by atoms with Gasteiger partial charge in [0.2, 0.25) is 0 Å². The molecule has 4 heteroatoms. The largest absolute Gasteiger partial charge is 0.493 e. The Morgan fingerprint density at radius 1 is 1.32 bits per heavy atom. The Balaban J connectivity index is 0.00000324. The zero-order valence-electron chi connectivity index (χ0n) is 12.5. The first-order chi connectivity index (χ1) is 8.52.